The van der Waals surface area contributed by atoms with Gasteiger partial charge in [-0.15, -0.1) is 0 Å². The Morgan fingerprint density at radius 2 is 2.00 bits per heavy atom. The molecule has 1 aliphatic heterocycles. The van der Waals surface area contributed by atoms with E-state index in [4.69, 9.17) is 9.72 Å². The van der Waals surface area contributed by atoms with Crippen LogP contribution in [0.3, 0.4) is 0 Å². The maximum atomic E-state index is 5.79. The topological polar surface area (TPSA) is 50.3 Å². The summed E-state index contributed by atoms with van der Waals surface area (Å²) < 4.78 is 5.79. The van der Waals surface area contributed by atoms with Crippen LogP contribution in [0.4, 0.5) is 11.6 Å². The highest BCUT2D eigenvalue weighted by Gasteiger charge is 2.29. The Kier molecular flexibility index (Phi) is 4.18. The summed E-state index contributed by atoms with van der Waals surface area (Å²) in [4.78, 5) is 11.7. The standard InChI is InChI=1S/C15H26N4O/c1-10(2)12-17-13(16-6)11(3)14(18-12)19-7-8-20-15(4,5)9-19/h10H,7-9H2,1-6H3,(H,16,17,18). The zero-order valence-corrected chi connectivity index (χ0v) is 13.4. The minimum Gasteiger partial charge on any atom is -0.373 e. The van der Waals surface area contributed by atoms with E-state index in [1.54, 1.807) is 0 Å². The molecule has 1 saturated heterocycles. The van der Waals surface area contributed by atoms with E-state index in [1.807, 2.05) is 7.05 Å². The van der Waals surface area contributed by atoms with Crippen LogP contribution in [0.5, 0.6) is 0 Å². The van der Waals surface area contributed by atoms with Gasteiger partial charge in [-0.2, -0.15) is 0 Å². The lowest BCUT2D eigenvalue weighted by molar-refractivity contribution is -0.0279. The van der Waals surface area contributed by atoms with Crippen molar-refractivity contribution < 1.29 is 4.74 Å². The normalized spacial score (nSPS) is 18.4. The molecular weight excluding hydrogens is 252 g/mol. The van der Waals surface area contributed by atoms with Crippen molar-refractivity contribution in [2.75, 3.05) is 37.0 Å². The molecule has 0 unspecified atom stereocenters. The highest BCUT2D eigenvalue weighted by molar-refractivity contribution is 5.59. The van der Waals surface area contributed by atoms with E-state index >= 15 is 0 Å². The van der Waals surface area contributed by atoms with Crippen LogP contribution in [0.25, 0.3) is 0 Å². The van der Waals surface area contributed by atoms with Crippen molar-refractivity contribution in [2.45, 2.75) is 46.1 Å². The number of anilines is 2. The first-order valence-corrected chi connectivity index (χ1v) is 7.29. The molecule has 0 atom stereocenters. The highest BCUT2D eigenvalue weighted by Crippen LogP contribution is 2.29. The van der Waals surface area contributed by atoms with Gasteiger partial charge in [-0.05, 0) is 20.8 Å². The maximum absolute atomic E-state index is 5.79. The average molecular weight is 278 g/mol. The zero-order valence-electron chi connectivity index (χ0n) is 13.4. The predicted octanol–water partition coefficient (Wildman–Crippen LogP) is 2.57. The monoisotopic (exact) mass is 278 g/mol. The lowest BCUT2D eigenvalue weighted by Crippen LogP contribution is -2.49. The number of hydrogen-bond donors (Lipinski definition) is 1. The summed E-state index contributed by atoms with van der Waals surface area (Å²) in [5.41, 5.74) is 0.975. The molecule has 0 aromatic carbocycles. The second-order valence-electron chi connectivity index (χ2n) is 6.31. The van der Waals surface area contributed by atoms with Crippen molar-refractivity contribution in [3.63, 3.8) is 0 Å². The molecule has 112 valence electrons. The molecule has 20 heavy (non-hydrogen) atoms. The molecule has 1 fully saturated rings. The molecule has 1 aromatic heterocycles. The first-order chi connectivity index (χ1) is 9.34. The first-order valence-electron chi connectivity index (χ1n) is 7.29. The number of hydrogen-bond acceptors (Lipinski definition) is 5. The van der Waals surface area contributed by atoms with E-state index < -0.39 is 0 Å². The Morgan fingerprint density at radius 1 is 1.30 bits per heavy atom. The van der Waals surface area contributed by atoms with Gasteiger partial charge in [-0.25, -0.2) is 9.97 Å². The van der Waals surface area contributed by atoms with Crippen LogP contribution in [0.1, 0.15) is 45.0 Å². The predicted molar refractivity (Wildman–Crippen MR) is 82.6 cm³/mol. The van der Waals surface area contributed by atoms with Gasteiger partial charge in [0.15, 0.2) is 0 Å². The first kappa shape index (κ1) is 15.0. The minimum absolute atomic E-state index is 0.132. The van der Waals surface area contributed by atoms with Crippen molar-refractivity contribution in [3.05, 3.63) is 11.4 Å². The van der Waals surface area contributed by atoms with Crippen molar-refractivity contribution in [3.8, 4) is 0 Å². The van der Waals surface area contributed by atoms with E-state index in [0.717, 1.165) is 42.7 Å². The molecule has 1 aromatic rings. The molecule has 0 aliphatic carbocycles. The van der Waals surface area contributed by atoms with Crippen molar-refractivity contribution in [1.29, 1.82) is 0 Å². The largest absolute Gasteiger partial charge is 0.373 e. The number of aromatic nitrogens is 2. The minimum atomic E-state index is -0.132. The summed E-state index contributed by atoms with van der Waals surface area (Å²) in [5, 5.41) is 3.18. The van der Waals surface area contributed by atoms with Crippen molar-refractivity contribution >= 4 is 11.6 Å². The molecular formula is C15H26N4O. The lowest BCUT2D eigenvalue weighted by Gasteiger charge is -2.39. The van der Waals surface area contributed by atoms with Crippen molar-refractivity contribution in [2.24, 2.45) is 0 Å². The summed E-state index contributed by atoms with van der Waals surface area (Å²) in [6.45, 7) is 13.0. The van der Waals surface area contributed by atoms with E-state index in [1.165, 1.54) is 0 Å². The molecule has 0 amide bonds. The fourth-order valence-electron chi connectivity index (χ4n) is 2.53. The molecule has 5 nitrogen and oxygen atoms in total. The quantitative estimate of drug-likeness (QED) is 0.921. The smallest absolute Gasteiger partial charge is 0.137 e. The van der Waals surface area contributed by atoms with Gasteiger partial charge in [0.2, 0.25) is 0 Å². The summed E-state index contributed by atoms with van der Waals surface area (Å²) >= 11 is 0. The molecule has 0 saturated carbocycles. The molecule has 0 spiro atoms. The summed E-state index contributed by atoms with van der Waals surface area (Å²) in [6.07, 6.45) is 0. The fourth-order valence-corrected chi connectivity index (χ4v) is 2.53. The third-order valence-corrected chi connectivity index (χ3v) is 3.62. The number of nitrogens with one attached hydrogen (secondary N) is 1. The second kappa shape index (κ2) is 5.56. The van der Waals surface area contributed by atoms with E-state index in [2.05, 4.69) is 49.8 Å². The van der Waals surface area contributed by atoms with E-state index in [-0.39, 0.29) is 5.60 Å². The van der Waals surface area contributed by atoms with Gasteiger partial charge >= 0.3 is 0 Å². The van der Waals surface area contributed by atoms with Crippen LogP contribution in [0.15, 0.2) is 0 Å². The van der Waals surface area contributed by atoms with E-state index in [9.17, 15) is 0 Å². The van der Waals surface area contributed by atoms with Gasteiger partial charge in [0.1, 0.15) is 17.5 Å². The summed E-state index contributed by atoms with van der Waals surface area (Å²) in [5.74, 6) is 3.15. The van der Waals surface area contributed by atoms with Crippen LogP contribution in [-0.2, 0) is 4.74 Å². The molecule has 1 aliphatic rings. The zero-order chi connectivity index (χ0) is 14.9. The van der Waals surface area contributed by atoms with Crippen molar-refractivity contribution in [1.82, 2.24) is 9.97 Å². The van der Waals surface area contributed by atoms with Crippen LogP contribution in [-0.4, -0.2) is 42.3 Å². The third-order valence-electron chi connectivity index (χ3n) is 3.62. The lowest BCUT2D eigenvalue weighted by atomic mass is 10.1. The van der Waals surface area contributed by atoms with Gasteiger partial charge < -0.3 is 15.0 Å². The molecule has 0 bridgehead atoms. The summed E-state index contributed by atoms with van der Waals surface area (Å²) in [7, 11) is 1.91. The molecule has 0 radical (unpaired) electrons. The van der Waals surface area contributed by atoms with Gasteiger partial charge in [-0.1, -0.05) is 13.8 Å². The highest BCUT2D eigenvalue weighted by atomic mass is 16.5. The Labute approximate surface area is 121 Å². The molecule has 2 heterocycles. The van der Waals surface area contributed by atoms with Crippen LogP contribution in [0, 0.1) is 6.92 Å². The fraction of sp³-hybridized carbons (Fsp3) is 0.733. The van der Waals surface area contributed by atoms with Crippen LogP contribution in [0.2, 0.25) is 0 Å². The Bertz CT molecular complexity index is 485. The second-order valence-corrected chi connectivity index (χ2v) is 6.31. The number of morpholine rings is 1. The van der Waals surface area contributed by atoms with Crippen LogP contribution >= 0.6 is 0 Å². The Balaban J connectivity index is 2.41. The molecule has 5 heteroatoms. The molecule has 2 rings (SSSR count). The average Bonchev–Trinajstić information content (AvgIpc) is 2.37. The number of rotatable bonds is 3. The summed E-state index contributed by atoms with van der Waals surface area (Å²) in [6, 6.07) is 0. The van der Waals surface area contributed by atoms with Crippen LogP contribution < -0.4 is 10.2 Å². The van der Waals surface area contributed by atoms with Gasteiger partial charge in [0, 0.05) is 31.6 Å². The Hall–Kier alpha value is -1.36. The van der Waals surface area contributed by atoms with E-state index in [0.29, 0.717) is 5.92 Å². The van der Waals surface area contributed by atoms with Gasteiger partial charge in [-0.3, -0.25) is 0 Å². The molecule has 1 N–H and O–H groups in total. The number of ether oxygens (including phenoxy) is 1. The Morgan fingerprint density at radius 3 is 2.55 bits per heavy atom. The van der Waals surface area contributed by atoms with Gasteiger partial charge in [0.25, 0.3) is 0 Å². The number of nitrogens with zero attached hydrogens (tertiary/aromatic N) is 3. The SMILES string of the molecule is CNc1nc(C(C)C)nc(N2CCOC(C)(C)C2)c1C. The third kappa shape index (κ3) is 3.03. The maximum Gasteiger partial charge on any atom is 0.137 e. The van der Waals surface area contributed by atoms with Gasteiger partial charge in [0.05, 0.1) is 12.2 Å².